The molecule has 1 aliphatic carbocycles. The maximum Gasteiger partial charge on any atom is 0.0583 e. The van der Waals surface area contributed by atoms with E-state index in [2.05, 4.69) is 0 Å². The number of hydrogen-bond donors (Lipinski definition) is 1. The van der Waals surface area contributed by atoms with Gasteiger partial charge in [-0.25, -0.2) is 0 Å². The van der Waals surface area contributed by atoms with Crippen LogP contribution in [0.25, 0.3) is 0 Å². The van der Waals surface area contributed by atoms with Gasteiger partial charge >= 0.3 is 0 Å². The van der Waals surface area contributed by atoms with E-state index in [-0.39, 0.29) is 6.10 Å². The Kier molecular flexibility index (Phi) is 5.35. The van der Waals surface area contributed by atoms with Crippen molar-refractivity contribution < 1.29 is 5.11 Å². The summed E-state index contributed by atoms with van der Waals surface area (Å²) in [5, 5.41) is 11.5. The molecule has 1 saturated carbocycles. The predicted octanol–water partition coefficient (Wildman–Crippen LogP) is 4.87. The minimum atomic E-state index is -0.285. The van der Waals surface area contributed by atoms with Crippen molar-refractivity contribution in [1.82, 2.24) is 0 Å². The SMILES string of the molecule is OC(Cc1ccc(Cl)cc1Cl)CC1CCCCC1. The first kappa shape index (κ1) is 14.2. The van der Waals surface area contributed by atoms with Gasteiger partial charge in [0.25, 0.3) is 0 Å². The molecule has 0 amide bonds. The van der Waals surface area contributed by atoms with Crippen LogP contribution in [0.5, 0.6) is 0 Å². The molecular formula is C15H20Cl2O. The smallest absolute Gasteiger partial charge is 0.0583 e. The first-order chi connectivity index (χ1) is 8.65. The molecule has 1 aliphatic rings. The second-order valence-electron chi connectivity index (χ2n) is 5.33. The van der Waals surface area contributed by atoms with Gasteiger partial charge in [-0.3, -0.25) is 0 Å². The van der Waals surface area contributed by atoms with Gasteiger partial charge in [0, 0.05) is 10.0 Å². The Balaban J connectivity index is 1.87. The zero-order valence-electron chi connectivity index (χ0n) is 10.5. The fourth-order valence-corrected chi connectivity index (χ4v) is 3.32. The quantitative estimate of drug-likeness (QED) is 0.837. The van der Waals surface area contributed by atoms with E-state index in [1.165, 1.54) is 32.1 Å². The minimum absolute atomic E-state index is 0.285. The van der Waals surface area contributed by atoms with Crippen LogP contribution in [-0.2, 0) is 6.42 Å². The van der Waals surface area contributed by atoms with Crippen molar-refractivity contribution in [3.8, 4) is 0 Å². The van der Waals surface area contributed by atoms with Crippen molar-refractivity contribution in [2.24, 2.45) is 5.92 Å². The zero-order chi connectivity index (χ0) is 13.0. The molecule has 0 heterocycles. The van der Waals surface area contributed by atoms with Crippen molar-refractivity contribution >= 4 is 23.2 Å². The Morgan fingerprint density at radius 1 is 1.17 bits per heavy atom. The van der Waals surface area contributed by atoms with Gasteiger partial charge in [-0.05, 0) is 36.5 Å². The second-order valence-corrected chi connectivity index (χ2v) is 6.18. The van der Waals surface area contributed by atoms with E-state index < -0.39 is 0 Å². The maximum atomic E-state index is 10.2. The molecule has 1 unspecified atom stereocenters. The Morgan fingerprint density at radius 2 is 1.89 bits per heavy atom. The highest BCUT2D eigenvalue weighted by Crippen LogP contribution is 2.29. The summed E-state index contributed by atoms with van der Waals surface area (Å²) in [4.78, 5) is 0. The molecule has 0 radical (unpaired) electrons. The van der Waals surface area contributed by atoms with Gasteiger partial charge in [0.15, 0.2) is 0 Å². The standard InChI is InChI=1S/C15H20Cl2O/c16-13-7-6-12(15(17)10-13)9-14(18)8-11-4-2-1-3-5-11/h6-7,10-11,14,18H,1-5,8-9H2. The van der Waals surface area contributed by atoms with E-state index in [1.54, 1.807) is 6.07 Å². The molecule has 0 spiro atoms. The van der Waals surface area contributed by atoms with E-state index in [4.69, 9.17) is 23.2 Å². The molecule has 0 saturated heterocycles. The van der Waals surface area contributed by atoms with Crippen LogP contribution in [0.15, 0.2) is 18.2 Å². The molecule has 0 aliphatic heterocycles. The summed E-state index contributed by atoms with van der Waals surface area (Å²) in [6.45, 7) is 0. The lowest BCUT2D eigenvalue weighted by atomic mass is 9.84. The number of hydrogen-bond acceptors (Lipinski definition) is 1. The third kappa shape index (κ3) is 4.15. The largest absolute Gasteiger partial charge is 0.393 e. The fraction of sp³-hybridized carbons (Fsp3) is 0.600. The van der Waals surface area contributed by atoms with Gasteiger partial charge in [-0.1, -0.05) is 61.4 Å². The predicted molar refractivity (Wildman–Crippen MR) is 77.4 cm³/mol. The summed E-state index contributed by atoms with van der Waals surface area (Å²) >= 11 is 12.0. The molecule has 18 heavy (non-hydrogen) atoms. The van der Waals surface area contributed by atoms with E-state index in [1.807, 2.05) is 12.1 Å². The van der Waals surface area contributed by atoms with E-state index >= 15 is 0 Å². The highest BCUT2D eigenvalue weighted by molar-refractivity contribution is 6.35. The summed E-state index contributed by atoms with van der Waals surface area (Å²) in [5.74, 6) is 0.694. The van der Waals surface area contributed by atoms with Crippen LogP contribution in [0.2, 0.25) is 10.0 Å². The third-order valence-electron chi connectivity index (χ3n) is 3.80. The van der Waals surface area contributed by atoms with Gasteiger partial charge in [0.2, 0.25) is 0 Å². The number of aliphatic hydroxyl groups is 1. The van der Waals surface area contributed by atoms with Crippen molar-refractivity contribution in [3.05, 3.63) is 33.8 Å². The molecule has 3 heteroatoms. The molecule has 1 aromatic rings. The summed E-state index contributed by atoms with van der Waals surface area (Å²) in [6.07, 6.45) is 7.78. The van der Waals surface area contributed by atoms with Gasteiger partial charge < -0.3 is 5.11 Å². The lowest BCUT2D eigenvalue weighted by Crippen LogP contribution is -2.18. The van der Waals surface area contributed by atoms with Crippen LogP contribution in [0.3, 0.4) is 0 Å². The Hall–Kier alpha value is -0.240. The molecular weight excluding hydrogens is 267 g/mol. The van der Waals surface area contributed by atoms with Gasteiger partial charge in [0.05, 0.1) is 6.10 Å². The van der Waals surface area contributed by atoms with Gasteiger partial charge in [0.1, 0.15) is 0 Å². The average Bonchev–Trinajstić information content (AvgIpc) is 2.34. The molecule has 1 fully saturated rings. The monoisotopic (exact) mass is 286 g/mol. The molecule has 1 aromatic carbocycles. The van der Waals surface area contributed by atoms with Gasteiger partial charge in [-0.2, -0.15) is 0 Å². The van der Waals surface area contributed by atoms with Crippen LogP contribution < -0.4 is 0 Å². The molecule has 1 nitrogen and oxygen atoms in total. The van der Waals surface area contributed by atoms with Crippen LogP contribution in [0, 0.1) is 5.92 Å². The van der Waals surface area contributed by atoms with Crippen molar-refractivity contribution in [2.75, 3.05) is 0 Å². The second kappa shape index (κ2) is 6.79. The summed E-state index contributed by atoms with van der Waals surface area (Å²) in [5.41, 5.74) is 0.990. The molecule has 1 N–H and O–H groups in total. The molecule has 0 bridgehead atoms. The Labute approximate surface area is 119 Å². The normalized spacial score (nSPS) is 18.8. The summed E-state index contributed by atoms with van der Waals surface area (Å²) in [6, 6.07) is 5.48. The lowest BCUT2D eigenvalue weighted by molar-refractivity contribution is 0.130. The third-order valence-corrected chi connectivity index (χ3v) is 4.39. The number of aliphatic hydroxyl groups excluding tert-OH is 1. The van der Waals surface area contributed by atoms with E-state index in [0.29, 0.717) is 22.4 Å². The molecule has 0 aromatic heterocycles. The molecule has 1 atom stereocenters. The van der Waals surface area contributed by atoms with Crippen LogP contribution in [0.1, 0.15) is 44.1 Å². The summed E-state index contributed by atoms with van der Waals surface area (Å²) < 4.78 is 0. The maximum absolute atomic E-state index is 10.2. The van der Waals surface area contributed by atoms with E-state index in [9.17, 15) is 5.11 Å². The topological polar surface area (TPSA) is 20.2 Å². The fourth-order valence-electron chi connectivity index (χ4n) is 2.83. The molecule has 100 valence electrons. The zero-order valence-corrected chi connectivity index (χ0v) is 12.1. The van der Waals surface area contributed by atoms with Gasteiger partial charge in [-0.15, -0.1) is 0 Å². The lowest BCUT2D eigenvalue weighted by Gasteiger charge is -2.24. The van der Waals surface area contributed by atoms with E-state index in [0.717, 1.165) is 12.0 Å². The number of rotatable bonds is 4. The number of halogens is 2. The highest BCUT2D eigenvalue weighted by Gasteiger charge is 2.18. The minimum Gasteiger partial charge on any atom is -0.393 e. The molecule has 2 rings (SSSR count). The summed E-state index contributed by atoms with van der Waals surface area (Å²) in [7, 11) is 0. The van der Waals surface area contributed by atoms with Crippen LogP contribution in [-0.4, -0.2) is 11.2 Å². The first-order valence-electron chi connectivity index (χ1n) is 6.77. The highest BCUT2D eigenvalue weighted by atomic mass is 35.5. The average molecular weight is 287 g/mol. The van der Waals surface area contributed by atoms with Crippen molar-refractivity contribution in [2.45, 2.75) is 51.0 Å². The van der Waals surface area contributed by atoms with Crippen LogP contribution in [0.4, 0.5) is 0 Å². The van der Waals surface area contributed by atoms with Crippen molar-refractivity contribution in [1.29, 1.82) is 0 Å². The van der Waals surface area contributed by atoms with Crippen molar-refractivity contribution in [3.63, 3.8) is 0 Å². The van der Waals surface area contributed by atoms with Crippen LogP contribution >= 0.6 is 23.2 Å². The number of benzene rings is 1. The first-order valence-corrected chi connectivity index (χ1v) is 7.52. The Bertz CT molecular complexity index is 386. The Morgan fingerprint density at radius 3 is 2.56 bits per heavy atom.